The number of aryl methyl sites for hydroxylation is 2. The molecule has 2 fully saturated rings. The first-order valence-electron chi connectivity index (χ1n) is 39.7. The molecule has 5 amide bonds. The van der Waals surface area contributed by atoms with Crippen LogP contribution in [0.4, 0.5) is 40.8 Å². The van der Waals surface area contributed by atoms with E-state index in [-0.39, 0.29) is 67.9 Å². The lowest BCUT2D eigenvalue weighted by molar-refractivity contribution is -0.140. The second-order valence-electron chi connectivity index (χ2n) is 35.7. The number of thiazole rings is 2. The fourth-order valence-corrected chi connectivity index (χ4v) is 21.1. The van der Waals surface area contributed by atoms with Gasteiger partial charge in [-0.05, 0) is 180 Å². The molecule has 28 nitrogen and oxygen atoms in total. The highest BCUT2D eigenvalue weighted by atomic mass is 32.2. The fourth-order valence-electron chi connectivity index (χ4n) is 11.8. The third-order valence-corrected chi connectivity index (χ3v) is 36.0. The van der Waals surface area contributed by atoms with E-state index in [0.29, 0.717) is 92.9 Å². The van der Waals surface area contributed by atoms with Gasteiger partial charge in [0.05, 0.1) is 45.8 Å². The van der Waals surface area contributed by atoms with E-state index in [4.69, 9.17) is 14.0 Å². The van der Waals surface area contributed by atoms with Gasteiger partial charge in [0.25, 0.3) is 0 Å². The number of benzene rings is 2. The van der Waals surface area contributed by atoms with Crippen molar-refractivity contribution in [3.63, 3.8) is 0 Å². The van der Waals surface area contributed by atoms with Gasteiger partial charge < -0.3 is 35.3 Å². The zero-order valence-corrected chi connectivity index (χ0v) is 79.8. The van der Waals surface area contributed by atoms with Gasteiger partial charge in [0.2, 0.25) is 35.4 Å². The molecule has 2 aromatic carbocycles. The molecule has 2 aliphatic rings. The molecule has 38 heteroatoms. The van der Waals surface area contributed by atoms with Crippen molar-refractivity contribution in [2.24, 2.45) is 24.3 Å². The minimum atomic E-state index is -4.62. The van der Waals surface area contributed by atoms with Crippen molar-refractivity contribution in [3.05, 3.63) is 99.1 Å². The van der Waals surface area contributed by atoms with E-state index in [1.165, 1.54) is 80.6 Å². The lowest BCUT2D eigenvalue weighted by Crippen LogP contribution is -2.47. The summed E-state index contributed by atoms with van der Waals surface area (Å²) >= 11 is 1.99. The van der Waals surface area contributed by atoms with Crippen LogP contribution in [0.5, 0.6) is 0 Å². The molecule has 8 rings (SSSR count). The van der Waals surface area contributed by atoms with Gasteiger partial charge in [-0.2, -0.15) is 18.3 Å². The van der Waals surface area contributed by atoms with Gasteiger partial charge in [0.1, 0.15) is 29.6 Å². The fraction of sp³-hybridized carbons (Fsp3) is 0.646. The first-order valence-corrected chi connectivity index (χ1v) is 49.7. The number of nitrogens with zero attached hydrogens (tertiary/aromatic N) is 5. The Hall–Kier alpha value is -7.07. The number of hydrogen-bond donors (Lipinski definition) is 5. The Labute approximate surface area is 717 Å². The van der Waals surface area contributed by atoms with Gasteiger partial charge in [-0.15, -0.1) is 22.7 Å². The number of rotatable bonds is 27. The van der Waals surface area contributed by atoms with E-state index in [1.807, 2.05) is 62.4 Å². The van der Waals surface area contributed by atoms with Crippen LogP contribution in [-0.2, 0) is 113 Å². The second kappa shape index (κ2) is 41.6. The van der Waals surface area contributed by atoms with Gasteiger partial charge in [0.15, 0.2) is 65.1 Å². The number of hydrogen-bond acceptors (Lipinski definition) is 24. The second-order valence-corrected chi connectivity index (χ2v) is 50.7. The molecule has 6 heterocycles. The van der Waals surface area contributed by atoms with E-state index in [1.54, 1.807) is 44.6 Å². The van der Waals surface area contributed by atoms with E-state index < -0.39 is 114 Å². The maximum absolute atomic E-state index is 12.9. The van der Waals surface area contributed by atoms with E-state index in [2.05, 4.69) is 109 Å². The van der Waals surface area contributed by atoms with E-state index >= 15 is 0 Å². The Morgan fingerprint density at radius 1 is 0.508 bits per heavy atom. The quantitative estimate of drug-likeness (QED) is 0.0320. The Balaban J connectivity index is 0.000000316. The smallest absolute Gasteiger partial charge is 0.381 e. The maximum atomic E-state index is 12.9. The predicted molar refractivity (Wildman–Crippen MR) is 471 cm³/mol. The number of nitrogens with one attached hydrogen (secondary N) is 5. The summed E-state index contributed by atoms with van der Waals surface area (Å²) in [6, 6.07) is 18.8. The lowest BCUT2D eigenvalue weighted by Gasteiger charge is -2.28. The number of sulfone groups is 5. The summed E-state index contributed by atoms with van der Waals surface area (Å²) in [5.74, 6) is -2.63. The van der Waals surface area contributed by atoms with Gasteiger partial charge >= 0.3 is 6.18 Å². The molecule has 4 aromatic heterocycles. The highest BCUT2D eigenvalue weighted by Gasteiger charge is 2.48. The first-order chi connectivity index (χ1) is 54.7. The molecule has 5 N–H and O–H groups in total. The number of carbonyl (C=O) groups excluding carboxylic acids is 5. The van der Waals surface area contributed by atoms with Gasteiger partial charge in [-0.1, -0.05) is 131 Å². The zero-order chi connectivity index (χ0) is 91.8. The van der Waals surface area contributed by atoms with Crippen molar-refractivity contribution in [2.75, 3.05) is 81.8 Å². The molecule has 120 heavy (non-hydrogen) atoms. The Morgan fingerprint density at radius 3 is 1.32 bits per heavy atom. The summed E-state index contributed by atoms with van der Waals surface area (Å²) in [6.07, 6.45) is 0.155. The molecule has 0 aliphatic carbocycles. The first kappa shape index (κ1) is 105. The number of carbonyl (C=O) groups is 5. The van der Waals surface area contributed by atoms with Crippen LogP contribution in [-0.4, -0.2) is 175 Å². The molecule has 0 saturated carbocycles. The summed E-state index contributed by atoms with van der Waals surface area (Å²) in [5, 5.41) is 22.2. The van der Waals surface area contributed by atoms with Crippen molar-refractivity contribution < 1.29 is 93.2 Å². The molecule has 0 spiro atoms. The lowest BCUT2D eigenvalue weighted by atomic mass is 9.87. The van der Waals surface area contributed by atoms with Crippen LogP contribution in [0.3, 0.4) is 0 Å². The van der Waals surface area contributed by atoms with Crippen molar-refractivity contribution in [3.8, 4) is 11.3 Å². The average molecular weight is 1820 g/mol. The molecule has 6 aromatic rings. The number of ether oxygens (including phenoxy) is 2. The van der Waals surface area contributed by atoms with Crippen molar-refractivity contribution >= 4 is 129 Å². The summed E-state index contributed by atoms with van der Waals surface area (Å²) < 4.78 is 172. The molecular formula is C82H127F3N10O18S7. The summed E-state index contributed by atoms with van der Waals surface area (Å²) in [7, 11) is -16.2. The molecular weight excluding hydrogens is 1690 g/mol. The molecule has 0 atom stereocenters. The van der Waals surface area contributed by atoms with Crippen LogP contribution in [0.25, 0.3) is 11.3 Å². The topological polar surface area (TPSA) is 404 Å². The molecule has 2 saturated heterocycles. The third kappa shape index (κ3) is 28.5. The predicted octanol–water partition coefficient (Wildman–Crippen LogP) is 15.3. The number of halogens is 3. The monoisotopic (exact) mass is 1820 g/mol. The number of anilines is 5. The molecule has 0 bridgehead atoms. The van der Waals surface area contributed by atoms with Crippen LogP contribution in [0.2, 0.25) is 0 Å². The molecule has 676 valence electrons. The minimum absolute atomic E-state index is 0.00242. The summed E-state index contributed by atoms with van der Waals surface area (Å²) in [5.41, 5.74) is 4.58. The average Bonchev–Trinajstić information content (AvgIpc) is 1.42. The number of amides is 5. The van der Waals surface area contributed by atoms with Crippen LogP contribution in [0.15, 0.2) is 70.6 Å². The van der Waals surface area contributed by atoms with E-state index in [9.17, 15) is 79.2 Å². The standard InChI is InChI=1S/C20H31NO4S.C18H25N3O3S.C15H26N2O4S.C15H26N2O3S2.C14H19F3N2O4S2/c1-19(2,3)16-7-6-8-17(13-16)21-18(22)20(4,5)26(23,24)14-15-9-11-25-12-10-15;1-6-12-25(23,24)18(3,4)17(22)19-16-13(2)15(20-21(16)5)14-10-8-7-9-11-14;1-7-8-22(19,20)15(5,6)13(18)16-12-9-11(17-21-12)10-14(2,3)4;1-8-9-22(19,20)15(6,7)12(18)17-13-16-10(2)11(21-13)14(3,4)5;1-13(2,25(21,22)8-9-3-5-23-6-4-9)11(20)19-12-18-10(7-24-12)14(15,16)17/h6-8,13,15H,9-12,14H2,1-5H3,(H,21,22);7-11H,6,12H2,1-5H3,(H,19,22);9H,7-8,10H2,1-6H3,(H,16,18);8-9H2,1-7H3,(H,16,17,18);7,9H,3-6,8H2,1-2H3,(H,18,19,20). The third-order valence-electron chi connectivity index (χ3n) is 20.4. The minimum Gasteiger partial charge on any atom is -0.381 e. The largest absolute Gasteiger partial charge is 0.434 e. The highest BCUT2D eigenvalue weighted by Crippen LogP contribution is 2.38. The zero-order valence-electron chi connectivity index (χ0n) is 74.1. The summed E-state index contributed by atoms with van der Waals surface area (Å²) in [6.45, 7) is 44.0. The normalized spacial score (nSPS) is 14.7. The summed E-state index contributed by atoms with van der Waals surface area (Å²) in [4.78, 5) is 71.2. The highest BCUT2D eigenvalue weighted by molar-refractivity contribution is 7.94. The number of aromatic nitrogens is 5. The van der Waals surface area contributed by atoms with Crippen molar-refractivity contribution in [1.82, 2.24) is 24.9 Å². The molecule has 0 radical (unpaired) electrons. The van der Waals surface area contributed by atoms with Crippen LogP contribution in [0.1, 0.15) is 230 Å². The van der Waals surface area contributed by atoms with E-state index in [0.717, 1.165) is 56.9 Å². The molecule has 0 unspecified atom stereocenters. The Morgan fingerprint density at radius 2 is 0.925 bits per heavy atom. The SMILES string of the molecule is CC(C)(C(=O)Nc1nc(C(F)(F)F)cs1)S(=O)(=O)CC1CCOCC1.CC(C)(C)c1cccc(NC(=O)C(C)(C)S(=O)(=O)CC2CCOCC2)c1.CCCS(=O)(=O)C(C)(C)C(=O)Nc1c(C)c(-c2ccccc2)nn1C.CCCS(=O)(=O)C(C)(C)C(=O)Nc1cc(CC(C)(C)C)no1.CCCS(=O)(=O)C(C)(C)C(=O)Nc1nc(C)c(C(C)(C)C)s1. The van der Waals surface area contributed by atoms with Gasteiger partial charge in [-0.25, -0.2) is 52.1 Å². The Kier molecular flexibility index (Phi) is 36.5. The van der Waals surface area contributed by atoms with Crippen molar-refractivity contribution in [1.29, 1.82) is 0 Å². The van der Waals surface area contributed by atoms with Crippen LogP contribution < -0.4 is 26.6 Å². The maximum Gasteiger partial charge on any atom is 0.434 e. The Bertz CT molecular complexity index is 5080. The van der Waals surface area contributed by atoms with Crippen molar-refractivity contribution in [2.45, 2.75) is 258 Å². The number of alkyl halides is 3. The molecule has 2 aliphatic heterocycles. The van der Waals surface area contributed by atoms with Crippen LogP contribution >= 0.6 is 22.7 Å². The van der Waals surface area contributed by atoms with Crippen LogP contribution in [0, 0.1) is 31.1 Å². The van der Waals surface area contributed by atoms with Gasteiger partial charge in [-0.3, -0.25) is 34.0 Å². The van der Waals surface area contributed by atoms with Gasteiger partial charge in [0, 0.05) is 66.6 Å².